The van der Waals surface area contributed by atoms with E-state index in [1.54, 1.807) is 7.11 Å². The minimum absolute atomic E-state index is 0.222. The van der Waals surface area contributed by atoms with E-state index in [0.29, 0.717) is 12.6 Å². The lowest BCUT2D eigenvalue weighted by Crippen LogP contribution is -2.43. The summed E-state index contributed by atoms with van der Waals surface area (Å²) in [4.78, 5) is 2.50. The van der Waals surface area contributed by atoms with E-state index in [2.05, 4.69) is 59.8 Å². The molecule has 0 aliphatic heterocycles. The van der Waals surface area contributed by atoms with E-state index in [1.807, 2.05) is 0 Å². The van der Waals surface area contributed by atoms with Gasteiger partial charge in [-0.05, 0) is 37.0 Å². The van der Waals surface area contributed by atoms with Crippen LogP contribution >= 0.6 is 15.9 Å². The summed E-state index contributed by atoms with van der Waals surface area (Å²) < 4.78 is 6.44. The van der Waals surface area contributed by atoms with Crippen LogP contribution in [0.15, 0.2) is 22.7 Å². The van der Waals surface area contributed by atoms with Crippen LogP contribution in [0.1, 0.15) is 43.9 Å². The predicted octanol–water partition coefficient (Wildman–Crippen LogP) is 3.89. The van der Waals surface area contributed by atoms with Gasteiger partial charge in [-0.3, -0.25) is 4.90 Å². The lowest BCUT2D eigenvalue weighted by Gasteiger charge is -2.37. The molecule has 4 heteroatoms. The van der Waals surface area contributed by atoms with E-state index in [9.17, 15) is 0 Å². The van der Waals surface area contributed by atoms with Gasteiger partial charge in [0.2, 0.25) is 0 Å². The molecule has 1 atom stereocenters. The summed E-state index contributed by atoms with van der Waals surface area (Å²) in [6.07, 6.45) is 2.25. The van der Waals surface area contributed by atoms with Crippen molar-refractivity contribution in [3.05, 3.63) is 33.8 Å². The summed E-state index contributed by atoms with van der Waals surface area (Å²) in [5.74, 6) is 0. The fourth-order valence-electron chi connectivity index (χ4n) is 2.89. The number of halogens is 1. The molecule has 2 N–H and O–H groups in total. The Bertz CT molecular complexity index is 421. The van der Waals surface area contributed by atoms with Crippen molar-refractivity contribution in [3.63, 3.8) is 0 Å². The van der Waals surface area contributed by atoms with Crippen LogP contribution in [0.3, 0.4) is 0 Å². The molecule has 0 radical (unpaired) electrons. The Morgan fingerprint density at radius 3 is 2.43 bits per heavy atom. The van der Waals surface area contributed by atoms with Crippen molar-refractivity contribution >= 4 is 15.9 Å². The highest BCUT2D eigenvalue weighted by molar-refractivity contribution is 9.10. The Morgan fingerprint density at radius 2 is 1.95 bits per heavy atom. The number of hydrogen-bond acceptors (Lipinski definition) is 3. The van der Waals surface area contributed by atoms with Gasteiger partial charge in [0.1, 0.15) is 0 Å². The minimum atomic E-state index is 0.222. The van der Waals surface area contributed by atoms with Crippen LogP contribution < -0.4 is 5.73 Å². The Labute approximate surface area is 138 Å². The highest BCUT2D eigenvalue weighted by atomic mass is 79.9. The van der Waals surface area contributed by atoms with E-state index >= 15 is 0 Å². The number of hydrogen-bond donors (Lipinski definition) is 1. The summed E-state index contributed by atoms with van der Waals surface area (Å²) in [6.45, 7) is 8.84. The van der Waals surface area contributed by atoms with Crippen molar-refractivity contribution in [2.75, 3.05) is 26.8 Å². The number of methoxy groups -OCH3 is 1. The van der Waals surface area contributed by atoms with E-state index in [0.717, 1.165) is 30.5 Å². The molecule has 1 aromatic rings. The largest absolute Gasteiger partial charge is 0.383 e. The molecule has 0 aliphatic carbocycles. The normalized spacial score (nSPS) is 13.1. The number of rotatable bonds is 9. The quantitative estimate of drug-likeness (QED) is 0.729. The zero-order chi connectivity index (χ0) is 15.8. The van der Waals surface area contributed by atoms with Gasteiger partial charge in [0.25, 0.3) is 0 Å². The summed E-state index contributed by atoms with van der Waals surface area (Å²) in [6, 6.07) is 7.27. The van der Waals surface area contributed by atoms with Crippen LogP contribution in [-0.4, -0.2) is 37.7 Å². The first-order valence-electron chi connectivity index (χ1n) is 7.79. The smallest absolute Gasteiger partial charge is 0.0590 e. The van der Waals surface area contributed by atoms with Gasteiger partial charge in [0.05, 0.1) is 6.61 Å². The second kappa shape index (κ2) is 9.57. The van der Waals surface area contributed by atoms with E-state index in [1.165, 1.54) is 11.1 Å². The maximum absolute atomic E-state index is 6.13. The first-order chi connectivity index (χ1) is 10.1. The Balaban J connectivity index is 3.09. The molecule has 0 spiro atoms. The van der Waals surface area contributed by atoms with Crippen molar-refractivity contribution < 1.29 is 4.74 Å². The van der Waals surface area contributed by atoms with Gasteiger partial charge in [0.15, 0.2) is 0 Å². The molecule has 21 heavy (non-hydrogen) atoms. The van der Waals surface area contributed by atoms with Crippen molar-refractivity contribution in [3.8, 4) is 0 Å². The van der Waals surface area contributed by atoms with Crippen molar-refractivity contribution in [1.29, 1.82) is 0 Å². The molecule has 120 valence electrons. The van der Waals surface area contributed by atoms with Crippen molar-refractivity contribution in [2.24, 2.45) is 5.73 Å². The fourth-order valence-corrected chi connectivity index (χ4v) is 3.65. The lowest BCUT2D eigenvalue weighted by atomic mass is 10.00. The maximum Gasteiger partial charge on any atom is 0.0590 e. The molecule has 0 amide bonds. The van der Waals surface area contributed by atoms with Gasteiger partial charge in [-0.1, -0.05) is 41.9 Å². The molecule has 1 aromatic carbocycles. The first kappa shape index (κ1) is 18.6. The molecule has 1 rings (SSSR count). The Hall–Kier alpha value is -0.420. The molecule has 0 fully saturated rings. The molecule has 0 aromatic heterocycles. The van der Waals surface area contributed by atoms with Crippen molar-refractivity contribution in [1.82, 2.24) is 4.90 Å². The van der Waals surface area contributed by atoms with Crippen LogP contribution in [0, 0.1) is 6.92 Å². The predicted molar refractivity (Wildman–Crippen MR) is 93.6 cm³/mol. The second-order valence-corrected chi connectivity index (χ2v) is 6.33. The highest BCUT2D eigenvalue weighted by Gasteiger charge is 2.25. The summed E-state index contributed by atoms with van der Waals surface area (Å²) in [5, 5.41) is 0. The SMILES string of the molecule is CCC(CC)N(CCOC)C(CN)c1ccc(C)cc1Br. The third-order valence-corrected chi connectivity index (χ3v) is 4.79. The molecule has 0 bridgehead atoms. The average Bonchev–Trinajstić information content (AvgIpc) is 2.47. The molecule has 0 saturated carbocycles. The molecule has 0 aliphatic rings. The number of nitrogens with two attached hydrogens (primary N) is 1. The monoisotopic (exact) mass is 356 g/mol. The Morgan fingerprint density at radius 1 is 1.29 bits per heavy atom. The summed E-state index contributed by atoms with van der Waals surface area (Å²) in [5.41, 5.74) is 8.65. The standard InChI is InChI=1S/C17H29BrN2O/c1-5-14(6-2)20(9-10-21-4)17(12-19)15-8-7-13(3)11-16(15)18/h7-8,11,14,17H,5-6,9-10,12,19H2,1-4H3. The maximum atomic E-state index is 6.13. The zero-order valence-corrected chi connectivity index (χ0v) is 15.3. The third-order valence-electron chi connectivity index (χ3n) is 4.10. The molecular weight excluding hydrogens is 328 g/mol. The van der Waals surface area contributed by atoms with E-state index < -0.39 is 0 Å². The third kappa shape index (κ3) is 5.06. The van der Waals surface area contributed by atoms with Gasteiger partial charge >= 0.3 is 0 Å². The van der Waals surface area contributed by atoms with Gasteiger partial charge in [-0.2, -0.15) is 0 Å². The van der Waals surface area contributed by atoms with Gasteiger partial charge in [0, 0.05) is 36.8 Å². The molecule has 1 unspecified atom stereocenters. The van der Waals surface area contributed by atoms with Crippen LogP contribution in [0.5, 0.6) is 0 Å². The van der Waals surface area contributed by atoms with Crippen LogP contribution in [0.25, 0.3) is 0 Å². The summed E-state index contributed by atoms with van der Waals surface area (Å²) in [7, 11) is 1.75. The fraction of sp³-hybridized carbons (Fsp3) is 0.647. The molecule has 3 nitrogen and oxygen atoms in total. The van der Waals surface area contributed by atoms with E-state index in [-0.39, 0.29) is 6.04 Å². The zero-order valence-electron chi connectivity index (χ0n) is 13.7. The highest BCUT2D eigenvalue weighted by Crippen LogP contribution is 2.30. The minimum Gasteiger partial charge on any atom is -0.383 e. The van der Waals surface area contributed by atoms with Crippen LogP contribution in [-0.2, 0) is 4.74 Å². The van der Waals surface area contributed by atoms with Gasteiger partial charge in [-0.15, -0.1) is 0 Å². The van der Waals surface area contributed by atoms with Gasteiger partial charge in [-0.25, -0.2) is 0 Å². The number of aryl methyl sites for hydroxylation is 1. The van der Waals surface area contributed by atoms with Crippen LogP contribution in [0.4, 0.5) is 0 Å². The van der Waals surface area contributed by atoms with Crippen molar-refractivity contribution in [2.45, 2.75) is 45.7 Å². The summed E-state index contributed by atoms with van der Waals surface area (Å²) >= 11 is 3.70. The van der Waals surface area contributed by atoms with Crippen LogP contribution in [0.2, 0.25) is 0 Å². The molecule has 0 heterocycles. The number of nitrogens with zero attached hydrogens (tertiary/aromatic N) is 1. The average molecular weight is 357 g/mol. The van der Waals surface area contributed by atoms with Gasteiger partial charge < -0.3 is 10.5 Å². The number of benzene rings is 1. The number of ether oxygens (including phenoxy) is 1. The molecule has 0 saturated heterocycles. The topological polar surface area (TPSA) is 38.5 Å². The Kier molecular flexibility index (Phi) is 8.49. The first-order valence-corrected chi connectivity index (χ1v) is 8.59. The second-order valence-electron chi connectivity index (χ2n) is 5.48. The van der Waals surface area contributed by atoms with E-state index in [4.69, 9.17) is 10.5 Å². The lowest BCUT2D eigenvalue weighted by molar-refractivity contribution is 0.0814. The molecular formula is C17H29BrN2O.